The van der Waals surface area contributed by atoms with Crippen molar-refractivity contribution in [1.29, 1.82) is 0 Å². The molecule has 1 aromatic carbocycles. The number of hydrogen-bond donors (Lipinski definition) is 3. The van der Waals surface area contributed by atoms with Gasteiger partial charge in [0.25, 0.3) is 0 Å². The van der Waals surface area contributed by atoms with E-state index in [-0.39, 0.29) is 43.0 Å². The van der Waals surface area contributed by atoms with Crippen LogP contribution >= 0.6 is 11.3 Å². The summed E-state index contributed by atoms with van der Waals surface area (Å²) in [6, 6.07) is 6.36. The van der Waals surface area contributed by atoms with Gasteiger partial charge in [0, 0.05) is 25.9 Å². The molecule has 0 spiro atoms. The number of β-amino-alcohol motifs (C(OH)–C–C–N with tert-alkyl or cyclic N) is 1. The summed E-state index contributed by atoms with van der Waals surface area (Å²) < 4.78 is 12.5. The van der Waals surface area contributed by atoms with Crippen LogP contribution < -0.4 is 10.6 Å². The Bertz CT molecular complexity index is 1150. The number of nitrogens with one attached hydrogen (secondary N) is 2. The van der Waals surface area contributed by atoms with Crippen LogP contribution in [0.1, 0.15) is 69.5 Å². The summed E-state index contributed by atoms with van der Waals surface area (Å²) in [6.45, 7) is 4.03. The van der Waals surface area contributed by atoms with Crippen LogP contribution in [0.2, 0.25) is 0 Å². The maximum atomic E-state index is 13.9. The van der Waals surface area contributed by atoms with Crippen LogP contribution in [0, 0.1) is 18.8 Å². The fourth-order valence-corrected chi connectivity index (χ4v) is 6.58. The minimum atomic E-state index is -0.811. The first-order chi connectivity index (χ1) is 19.3. The molecule has 40 heavy (non-hydrogen) atoms. The van der Waals surface area contributed by atoms with Crippen molar-refractivity contribution in [2.75, 3.05) is 13.2 Å². The number of likely N-dealkylation sites (tertiary alicyclic amines) is 1. The highest BCUT2D eigenvalue weighted by molar-refractivity contribution is 7.13. The van der Waals surface area contributed by atoms with Gasteiger partial charge in [-0.05, 0) is 55.6 Å². The highest BCUT2D eigenvalue weighted by atomic mass is 32.1. The van der Waals surface area contributed by atoms with Gasteiger partial charge in [0.1, 0.15) is 12.1 Å². The van der Waals surface area contributed by atoms with Crippen LogP contribution in [-0.2, 0) is 20.9 Å². The van der Waals surface area contributed by atoms with Crippen molar-refractivity contribution in [2.24, 2.45) is 11.8 Å². The van der Waals surface area contributed by atoms with Crippen LogP contribution in [0.15, 0.2) is 29.8 Å². The molecule has 3 amide bonds. The van der Waals surface area contributed by atoms with Gasteiger partial charge in [-0.3, -0.25) is 18.8 Å². The molecule has 3 N–H and O–H groups in total. The predicted molar refractivity (Wildman–Crippen MR) is 153 cm³/mol. The number of nitrogens with zero attached hydrogens (tertiary/aromatic N) is 2. The maximum absolute atomic E-state index is 13.9. The Morgan fingerprint density at radius 2 is 1.88 bits per heavy atom. The number of thiazole rings is 1. The zero-order chi connectivity index (χ0) is 28.6. The first-order valence-corrected chi connectivity index (χ1v) is 15.3. The predicted octanol–water partition coefficient (Wildman–Crippen LogP) is 4.15. The Hall–Kier alpha value is -2.85. The average molecular weight is 573 g/mol. The monoisotopic (exact) mass is 572 g/mol. The molecular formula is C30H41FN4O4S. The third-order valence-corrected chi connectivity index (χ3v) is 9.17. The molecule has 4 rings (SSSR count). The lowest BCUT2D eigenvalue weighted by molar-refractivity contribution is -0.143. The number of rotatable bonds is 11. The molecule has 0 bridgehead atoms. The van der Waals surface area contributed by atoms with E-state index >= 15 is 0 Å². The number of unbranched alkanes of at least 4 members (excludes halogenated alkanes) is 1. The quantitative estimate of drug-likeness (QED) is 0.351. The van der Waals surface area contributed by atoms with Crippen LogP contribution in [0.5, 0.6) is 0 Å². The molecule has 2 aromatic rings. The van der Waals surface area contributed by atoms with E-state index < -0.39 is 24.9 Å². The molecule has 2 fully saturated rings. The minimum Gasteiger partial charge on any atom is -0.391 e. The van der Waals surface area contributed by atoms with Crippen molar-refractivity contribution in [3.8, 4) is 10.4 Å². The van der Waals surface area contributed by atoms with Crippen molar-refractivity contribution in [3.05, 3.63) is 41.0 Å². The molecule has 2 aliphatic rings. The van der Waals surface area contributed by atoms with Crippen molar-refractivity contribution >= 4 is 29.1 Å². The number of aliphatic hydroxyl groups excluding tert-OH is 1. The van der Waals surface area contributed by atoms with Crippen molar-refractivity contribution in [2.45, 2.75) is 89.9 Å². The van der Waals surface area contributed by atoms with E-state index in [2.05, 4.69) is 22.5 Å². The zero-order valence-electron chi connectivity index (χ0n) is 23.4. The summed E-state index contributed by atoms with van der Waals surface area (Å²) in [5.41, 5.74) is 4.79. The highest BCUT2D eigenvalue weighted by Gasteiger charge is 2.43. The van der Waals surface area contributed by atoms with E-state index in [9.17, 15) is 23.9 Å². The van der Waals surface area contributed by atoms with Crippen molar-refractivity contribution < 1.29 is 23.9 Å². The number of aliphatic hydroxyl groups is 1. The SMILES string of the molecule is Cc1ncsc1-c1ccc(CNC(=O)[C@@H]2C[C@@H](O)CN2C(=O)C(NC(=O)CCCCF)C2CCC(C)CC2)cc1. The molecule has 10 heteroatoms. The number of halogens is 1. The average Bonchev–Trinajstić information content (AvgIpc) is 3.56. The van der Waals surface area contributed by atoms with Crippen LogP contribution in [0.25, 0.3) is 10.4 Å². The van der Waals surface area contributed by atoms with Gasteiger partial charge in [0.15, 0.2) is 0 Å². The van der Waals surface area contributed by atoms with E-state index in [4.69, 9.17) is 0 Å². The molecule has 1 saturated heterocycles. The lowest BCUT2D eigenvalue weighted by Gasteiger charge is -2.36. The molecule has 0 radical (unpaired) electrons. The molecule has 8 nitrogen and oxygen atoms in total. The topological polar surface area (TPSA) is 112 Å². The second-order valence-corrected chi connectivity index (χ2v) is 12.1. The van der Waals surface area contributed by atoms with E-state index in [1.165, 1.54) is 4.90 Å². The standard InChI is InChI=1S/C30H41FN4O4S/c1-19-6-10-22(11-7-19)27(34-26(37)5-3-4-14-31)30(39)35-17-24(36)15-25(35)29(38)32-16-21-8-12-23(13-9-21)28-20(2)33-18-40-28/h8-9,12-13,18-19,22,24-25,27,36H,3-7,10-11,14-17H2,1-2H3,(H,32,38)(H,34,37)/t19?,22?,24-,25+,27?/m1/s1. The second-order valence-electron chi connectivity index (χ2n) is 11.3. The highest BCUT2D eigenvalue weighted by Crippen LogP contribution is 2.32. The number of carbonyl (C=O) groups excluding carboxylic acids is 3. The van der Waals surface area contributed by atoms with Crippen LogP contribution in [0.4, 0.5) is 4.39 Å². The molecule has 2 heterocycles. The fraction of sp³-hybridized carbons (Fsp3) is 0.600. The van der Waals surface area contributed by atoms with Gasteiger partial charge in [-0.15, -0.1) is 11.3 Å². The van der Waals surface area contributed by atoms with Crippen LogP contribution in [-0.4, -0.2) is 64.1 Å². The van der Waals surface area contributed by atoms with Crippen LogP contribution in [0.3, 0.4) is 0 Å². The minimum absolute atomic E-state index is 0.0315. The lowest BCUT2D eigenvalue weighted by Crippen LogP contribution is -2.56. The third-order valence-electron chi connectivity index (χ3n) is 8.20. The first kappa shape index (κ1) is 30.1. The van der Waals surface area contributed by atoms with Gasteiger partial charge in [0.2, 0.25) is 17.7 Å². The molecule has 3 atom stereocenters. The van der Waals surface area contributed by atoms with E-state index in [0.717, 1.165) is 47.4 Å². The molecule has 1 unspecified atom stereocenters. The van der Waals surface area contributed by atoms with Gasteiger partial charge < -0.3 is 20.6 Å². The number of aromatic nitrogens is 1. The molecule has 1 aliphatic heterocycles. The number of alkyl halides is 1. The summed E-state index contributed by atoms with van der Waals surface area (Å²) in [4.78, 5) is 46.7. The van der Waals surface area contributed by atoms with E-state index in [1.54, 1.807) is 11.3 Å². The zero-order valence-corrected chi connectivity index (χ0v) is 24.2. The summed E-state index contributed by atoms with van der Waals surface area (Å²) in [7, 11) is 0. The second kappa shape index (κ2) is 14.2. The van der Waals surface area contributed by atoms with E-state index in [0.29, 0.717) is 25.3 Å². The largest absolute Gasteiger partial charge is 0.391 e. The van der Waals surface area contributed by atoms with Gasteiger partial charge in [-0.25, -0.2) is 4.98 Å². The first-order valence-electron chi connectivity index (χ1n) is 14.4. The van der Waals surface area contributed by atoms with Gasteiger partial charge in [-0.1, -0.05) is 44.0 Å². The number of amides is 3. The Morgan fingerprint density at radius 3 is 2.52 bits per heavy atom. The van der Waals surface area contributed by atoms with Gasteiger partial charge >= 0.3 is 0 Å². The summed E-state index contributed by atoms with van der Waals surface area (Å²) in [5.74, 6) is -0.379. The van der Waals surface area contributed by atoms with Crippen molar-refractivity contribution in [3.63, 3.8) is 0 Å². The molecule has 218 valence electrons. The summed E-state index contributed by atoms with van der Waals surface area (Å²) in [5, 5.41) is 16.3. The molecule has 1 saturated carbocycles. The van der Waals surface area contributed by atoms with Gasteiger partial charge in [0.05, 0.1) is 28.9 Å². The summed E-state index contributed by atoms with van der Waals surface area (Å²) >= 11 is 1.58. The normalized spacial score (nSPS) is 23.6. The van der Waals surface area contributed by atoms with Crippen molar-refractivity contribution in [1.82, 2.24) is 20.5 Å². The number of carbonyl (C=O) groups is 3. The summed E-state index contributed by atoms with van der Waals surface area (Å²) in [6.07, 6.45) is 3.79. The smallest absolute Gasteiger partial charge is 0.246 e. The Labute approximate surface area is 239 Å². The Morgan fingerprint density at radius 1 is 1.15 bits per heavy atom. The third kappa shape index (κ3) is 7.66. The van der Waals surface area contributed by atoms with Gasteiger partial charge in [-0.2, -0.15) is 0 Å². The lowest BCUT2D eigenvalue weighted by atomic mass is 9.78. The molecular weight excluding hydrogens is 531 g/mol. The maximum Gasteiger partial charge on any atom is 0.246 e. The molecule has 1 aliphatic carbocycles. The number of hydrogen-bond acceptors (Lipinski definition) is 6. The van der Waals surface area contributed by atoms with E-state index in [1.807, 2.05) is 36.7 Å². The Kier molecular flexibility index (Phi) is 10.7. The Balaban J connectivity index is 1.41. The number of benzene rings is 1. The molecule has 1 aromatic heterocycles. The fourth-order valence-electron chi connectivity index (χ4n) is 5.77. The number of aryl methyl sites for hydroxylation is 1.